The van der Waals surface area contributed by atoms with Gasteiger partial charge in [0.25, 0.3) is 0 Å². The molecular formula is C16H26O4. The molecule has 2 fully saturated rings. The normalized spacial score (nSPS) is 32.2. The van der Waals surface area contributed by atoms with Crippen LogP contribution in [-0.2, 0) is 19.1 Å². The van der Waals surface area contributed by atoms with E-state index in [1.165, 1.54) is 12.8 Å². The zero-order valence-electron chi connectivity index (χ0n) is 13.0. The second-order valence-corrected chi connectivity index (χ2v) is 7.18. The van der Waals surface area contributed by atoms with Gasteiger partial charge in [0.1, 0.15) is 5.60 Å². The summed E-state index contributed by atoms with van der Waals surface area (Å²) in [4.78, 5) is 23.7. The van der Waals surface area contributed by atoms with E-state index in [2.05, 4.69) is 0 Å². The number of carbonyl (C=O) groups is 2. The van der Waals surface area contributed by atoms with Crippen molar-refractivity contribution < 1.29 is 19.1 Å². The smallest absolute Gasteiger partial charge is 0.344 e. The molecular weight excluding hydrogens is 256 g/mol. The van der Waals surface area contributed by atoms with Crippen LogP contribution in [0, 0.1) is 17.3 Å². The van der Waals surface area contributed by atoms with Crippen LogP contribution in [0.3, 0.4) is 0 Å². The highest BCUT2D eigenvalue weighted by Crippen LogP contribution is 2.52. The van der Waals surface area contributed by atoms with Crippen LogP contribution in [0.5, 0.6) is 0 Å². The molecule has 2 bridgehead atoms. The van der Waals surface area contributed by atoms with Gasteiger partial charge < -0.3 is 9.47 Å². The predicted octanol–water partition coefficient (Wildman–Crippen LogP) is 3.09. The Kier molecular flexibility index (Phi) is 4.12. The third-order valence-corrected chi connectivity index (χ3v) is 5.20. The van der Waals surface area contributed by atoms with Crippen LogP contribution in [0.1, 0.15) is 59.8 Å². The fourth-order valence-corrected chi connectivity index (χ4v) is 3.43. The Hall–Kier alpha value is -1.06. The molecule has 0 aliphatic heterocycles. The summed E-state index contributed by atoms with van der Waals surface area (Å²) in [5.74, 6) is 0.439. The minimum atomic E-state index is -0.545. The zero-order valence-corrected chi connectivity index (χ0v) is 13.0. The second kappa shape index (κ2) is 5.38. The predicted molar refractivity (Wildman–Crippen MR) is 75.0 cm³/mol. The van der Waals surface area contributed by atoms with Crippen LogP contribution < -0.4 is 0 Å². The van der Waals surface area contributed by atoms with Crippen molar-refractivity contribution >= 4 is 11.9 Å². The van der Waals surface area contributed by atoms with E-state index >= 15 is 0 Å². The maximum Gasteiger partial charge on any atom is 0.344 e. The van der Waals surface area contributed by atoms with E-state index < -0.39 is 11.4 Å². The molecule has 0 saturated heterocycles. The topological polar surface area (TPSA) is 52.6 Å². The number of hydrogen-bond acceptors (Lipinski definition) is 4. The van der Waals surface area contributed by atoms with E-state index in [-0.39, 0.29) is 18.2 Å². The van der Waals surface area contributed by atoms with E-state index in [1.807, 2.05) is 27.7 Å². The highest BCUT2D eigenvalue weighted by molar-refractivity contribution is 5.79. The van der Waals surface area contributed by atoms with Crippen LogP contribution >= 0.6 is 0 Å². The molecule has 0 aromatic carbocycles. The van der Waals surface area contributed by atoms with Crippen molar-refractivity contribution in [3.05, 3.63) is 0 Å². The molecule has 4 nitrogen and oxygen atoms in total. The first kappa shape index (κ1) is 15.3. The lowest BCUT2D eigenvalue weighted by atomic mass is 9.86. The molecule has 0 aromatic rings. The molecule has 2 aliphatic rings. The first-order valence-electron chi connectivity index (χ1n) is 7.66. The molecule has 0 amide bonds. The molecule has 0 radical (unpaired) electrons. The van der Waals surface area contributed by atoms with Gasteiger partial charge in [0, 0.05) is 0 Å². The molecule has 0 aromatic heterocycles. The summed E-state index contributed by atoms with van der Waals surface area (Å²) in [6.07, 6.45) is 5.22. The molecule has 0 heterocycles. The summed E-state index contributed by atoms with van der Waals surface area (Å²) in [7, 11) is 0. The maximum absolute atomic E-state index is 11.9. The summed E-state index contributed by atoms with van der Waals surface area (Å²) in [6, 6.07) is 0. The summed E-state index contributed by atoms with van der Waals surface area (Å²) >= 11 is 0. The lowest BCUT2D eigenvalue weighted by Crippen LogP contribution is -2.39. The lowest BCUT2D eigenvalue weighted by molar-refractivity contribution is -0.176. The summed E-state index contributed by atoms with van der Waals surface area (Å²) in [6.45, 7) is 7.31. The van der Waals surface area contributed by atoms with Crippen LogP contribution in [0.4, 0.5) is 0 Å². The quantitative estimate of drug-likeness (QED) is 0.727. The molecule has 114 valence electrons. The van der Waals surface area contributed by atoms with Crippen molar-refractivity contribution in [2.75, 3.05) is 6.61 Å². The number of carbonyl (C=O) groups excluding carboxylic acids is 2. The van der Waals surface area contributed by atoms with Gasteiger partial charge >= 0.3 is 11.9 Å². The first-order chi connectivity index (χ1) is 9.27. The molecule has 2 aliphatic carbocycles. The minimum Gasteiger partial charge on any atom is -0.457 e. The number of ether oxygens (including phenoxy) is 2. The monoisotopic (exact) mass is 282 g/mol. The molecule has 2 rings (SSSR count). The van der Waals surface area contributed by atoms with Crippen LogP contribution in [0.2, 0.25) is 0 Å². The lowest BCUT2D eigenvalue weighted by Gasteiger charge is -2.33. The average Bonchev–Trinajstić information content (AvgIpc) is 2.95. The van der Waals surface area contributed by atoms with Crippen molar-refractivity contribution in [3.8, 4) is 0 Å². The number of hydrogen-bond donors (Lipinski definition) is 0. The van der Waals surface area contributed by atoms with E-state index in [0.717, 1.165) is 12.8 Å². The molecule has 3 atom stereocenters. The van der Waals surface area contributed by atoms with Gasteiger partial charge in [0.2, 0.25) is 0 Å². The standard InChI is InChI=1S/C16H26O4/c1-5-15(2,3)14(18)19-10-13(17)20-16(4)9-11-6-7-12(16)8-11/h11-12H,5-10H2,1-4H3. The van der Waals surface area contributed by atoms with Gasteiger partial charge in [-0.2, -0.15) is 0 Å². The van der Waals surface area contributed by atoms with E-state index in [4.69, 9.17) is 9.47 Å². The van der Waals surface area contributed by atoms with Gasteiger partial charge in [-0.3, -0.25) is 4.79 Å². The zero-order chi connectivity index (χ0) is 15.0. The molecule has 4 heteroatoms. The molecule has 0 spiro atoms. The average molecular weight is 282 g/mol. The molecule has 0 N–H and O–H groups in total. The van der Waals surface area contributed by atoms with Gasteiger partial charge in [-0.15, -0.1) is 0 Å². The molecule has 3 unspecified atom stereocenters. The van der Waals surface area contributed by atoms with E-state index in [1.54, 1.807) is 0 Å². The van der Waals surface area contributed by atoms with Crippen molar-refractivity contribution in [2.24, 2.45) is 17.3 Å². The van der Waals surface area contributed by atoms with Crippen molar-refractivity contribution in [1.82, 2.24) is 0 Å². The third kappa shape index (κ3) is 2.99. The molecule has 20 heavy (non-hydrogen) atoms. The summed E-state index contributed by atoms with van der Waals surface area (Å²) in [5, 5.41) is 0. The van der Waals surface area contributed by atoms with Crippen LogP contribution in [0.25, 0.3) is 0 Å². The van der Waals surface area contributed by atoms with Crippen molar-refractivity contribution in [3.63, 3.8) is 0 Å². The summed E-state index contributed by atoms with van der Waals surface area (Å²) < 4.78 is 10.7. The first-order valence-corrected chi connectivity index (χ1v) is 7.66. The van der Waals surface area contributed by atoms with Crippen LogP contribution in [-0.4, -0.2) is 24.1 Å². The number of rotatable bonds is 5. The van der Waals surface area contributed by atoms with Crippen molar-refractivity contribution in [2.45, 2.75) is 65.4 Å². The van der Waals surface area contributed by atoms with Gasteiger partial charge in [-0.25, -0.2) is 4.79 Å². The van der Waals surface area contributed by atoms with Gasteiger partial charge in [-0.05, 0) is 64.7 Å². The largest absolute Gasteiger partial charge is 0.457 e. The fourth-order valence-electron chi connectivity index (χ4n) is 3.43. The highest BCUT2D eigenvalue weighted by Gasteiger charge is 2.50. The maximum atomic E-state index is 11.9. The Labute approximate surface area is 121 Å². The summed E-state index contributed by atoms with van der Waals surface area (Å²) in [5.41, 5.74) is -0.886. The Bertz CT molecular complexity index is 401. The van der Waals surface area contributed by atoms with Gasteiger partial charge in [-0.1, -0.05) is 6.92 Å². The van der Waals surface area contributed by atoms with Gasteiger partial charge in [0.15, 0.2) is 6.61 Å². The Morgan fingerprint density at radius 3 is 2.50 bits per heavy atom. The Morgan fingerprint density at radius 2 is 2.00 bits per heavy atom. The molecule has 2 saturated carbocycles. The minimum absolute atomic E-state index is 0.269. The second-order valence-electron chi connectivity index (χ2n) is 7.18. The SMILES string of the molecule is CCC(C)(C)C(=O)OCC(=O)OC1(C)CC2CCC1C2. The highest BCUT2D eigenvalue weighted by atomic mass is 16.6. The van der Waals surface area contributed by atoms with E-state index in [9.17, 15) is 9.59 Å². The third-order valence-electron chi connectivity index (χ3n) is 5.20. The number of fused-ring (bicyclic) bond motifs is 2. The Balaban J connectivity index is 1.80. The van der Waals surface area contributed by atoms with Crippen molar-refractivity contribution in [1.29, 1.82) is 0 Å². The van der Waals surface area contributed by atoms with Gasteiger partial charge in [0.05, 0.1) is 5.41 Å². The Morgan fingerprint density at radius 1 is 1.30 bits per heavy atom. The van der Waals surface area contributed by atoms with E-state index in [0.29, 0.717) is 18.3 Å². The number of esters is 2. The fraction of sp³-hybridized carbons (Fsp3) is 0.875. The van der Waals surface area contributed by atoms with Crippen LogP contribution in [0.15, 0.2) is 0 Å².